The number of pyridine rings is 1. The van der Waals surface area contributed by atoms with Crippen LogP contribution < -0.4 is 21.3 Å². The van der Waals surface area contributed by atoms with Gasteiger partial charge in [-0.2, -0.15) is 0 Å². The number of carbonyl (C=O) groups is 5. The summed E-state index contributed by atoms with van der Waals surface area (Å²) in [5.74, 6) is -1.45. The van der Waals surface area contributed by atoms with E-state index in [4.69, 9.17) is 0 Å². The molecule has 2 aliphatic rings. The minimum absolute atomic E-state index is 0.00133. The summed E-state index contributed by atoms with van der Waals surface area (Å²) in [6, 6.07) is 8.42. The Balaban J connectivity index is 1.37. The van der Waals surface area contributed by atoms with E-state index in [1.54, 1.807) is 18.3 Å². The standard InChI is InChI=1S/C23H23N5O5/c29-18(14-5-3-9-24-12-14)7-8-19(30)27-21-15-6-2-1-4-13(15)10-16(21)25-20(31)11-17-22(32)28-23(33)26-17/h1-6,9,12,16-17,21H,7-8,10-11H2,(H,25,31)(H,27,30)(H2,26,28,32,33)/t16-,17?,21-/m1/s1. The van der Waals surface area contributed by atoms with Crippen LogP contribution in [-0.2, 0) is 20.8 Å². The molecule has 2 heterocycles. The van der Waals surface area contributed by atoms with Gasteiger partial charge in [0.05, 0.1) is 18.5 Å². The van der Waals surface area contributed by atoms with Crippen molar-refractivity contribution in [3.63, 3.8) is 0 Å². The Hall–Kier alpha value is -4.08. The maximum atomic E-state index is 12.6. The van der Waals surface area contributed by atoms with Gasteiger partial charge in [-0.3, -0.25) is 29.5 Å². The van der Waals surface area contributed by atoms with Crippen LogP contribution in [0, 0.1) is 0 Å². The quantitative estimate of drug-likeness (QED) is 0.342. The molecule has 33 heavy (non-hydrogen) atoms. The van der Waals surface area contributed by atoms with E-state index >= 15 is 0 Å². The van der Waals surface area contributed by atoms with Crippen LogP contribution in [0.2, 0.25) is 0 Å². The second-order valence-electron chi connectivity index (χ2n) is 8.01. The molecule has 0 spiro atoms. The number of hydrogen-bond donors (Lipinski definition) is 4. The van der Waals surface area contributed by atoms with Gasteiger partial charge >= 0.3 is 6.03 Å². The predicted molar refractivity (Wildman–Crippen MR) is 116 cm³/mol. The fourth-order valence-electron chi connectivity index (χ4n) is 4.11. The van der Waals surface area contributed by atoms with Gasteiger partial charge in [-0.05, 0) is 29.7 Å². The van der Waals surface area contributed by atoms with Crippen LogP contribution in [0.25, 0.3) is 0 Å². The van der Waals surface area contributed by atoms with Crippen LogP contribution in [0.3, 0.4) is 0 Å². The molecule has 10 heteroatoms. The zero-order valence-electron chi connectivity index (χ0n) is 17.7. The van der Waals surface area contributed by atoms with Crippen molar-refractivity contribution in [1.82, 2.24) is 26.3 Å². The molecule has 3 atom stereocenters. The van der Waals surface area contributed by atoms with Crippen LogP contribution in [0.4, 0.5) is 4.79 Å². The van der Waals surface area contributed by atoms with Gasteiger partial charge in [0, 0.05) is 30.8 Å². The number of urea groups is 1. The van der Waals surface area contributed by atoms with E-state index in [1.165, 1.54) is 6.20 Å². The van der Waals surface area contributed by atoms with Crippen LogP contribution in [0.1, 0.15) is 46.8 Å². The van der Waals surface area contributed by atoms with E-state index in [-0.39, 0.29) is 31.0 Å². The minimum atomic E-state index is -0.923. The highest BCUT2D eigenvalue weighted by Gasteiger charge is 2.36. The first-order valence-electron chi connectivity index (χ1n) is 10.6. The van der Waals surface area contributed by atoms with Gasteiger partial charge in [-0.1, -0.05) is 24.3 Å². The summed E-state index contributed by atoms with van der Waals surface area (Å²) in [7, 11) is 0. The van der Waals surface area contributed by atoms with Crippen LogP contribution in [0.15, 0.2) is 48.8 Å². The maximum absolute atomic E-state index is 12.6. The molecule has 0 radical (unpaired) electrons. The highest BCUT2D eigenvalue weighted by Crippen LogP contribution is 2.31. The molecular weight excluding hydrogens is 426 g/mol. The number of aromatic nitrogens is 1. The fourth-order valence-corrected chi connectivity index (χ4v) is 4.11. The first kappa shape index (κ1) is 22.1. The number of rotatable bonds is 8. The van der Waals surface area contributed by atoms with Crippen LogP contribution >= 0.6 is 0 Å². The lowest BCUT2D eigenvalue weighted by Gasteiger charge is -2.23. The fraction of sp³-hybridized carbons (Fsp3) is 0.304. The topological polar surface area (TPSA) is 146 Å². The first-order valence-corrected chi connectivity index (χ1v) is 10.6. The van der Waals surface area contributed by atoms with Crippen molar-refractivity contribution >= 4 is 29.5 Å². The van der Waals surface area contributed by atoms with Crippen molar-refractivity contribution in [3.8, 4) is 0 Å². The van der Waals surface area contributed by atoms with E-state index in [0.717, 1.165) is 11.1 Å². The van der Waals surface area contributed by atoms with Crippen molar-refractivity contribution in [1.29, 1.82) is 0 Å². The molecule has 10 nitrogen and oxygen atoms in total. The summed E-state index contributed by atoms with van der Waals surface area (Å²) in [4.78, 5) is 64.4. The minimum Gasteiger partial charge on any atom is -0.351 e. The number of fused-ring (bicyclic) bond motifs is 1. The molecule has 1 aromatic heterocycles. The number of nitrogens with one attached hydrogen (secondary N) is 4. The van der Waals surface area contributed by atoms with Gasteiger partial charge in [-0.25, -0.2) is 4.79 Å². The summed E-state index contributed by atoms with van der Waals surface area (Å²) in [6.45, 7) is 0. The van der Waals surface area contributed by atoms with E-state index in [1.807, 2.05) is 24.3 Å². The summed E-state index contributed by atoms with van der Waals surface area (Å²) >= 11 is 0. The average molecular weight is 449 g/mol. The lowest BCUT2D eigenvalue weighted by molar-refractivity contribution is -0.127. The summed E-state index contributed by atoms with van der Waals surface area (Å²) in [5, 5.41) is 10.3. The molecule has 4 N–H and O–H groups in total. The summed E-state index contributed by atoms with van der Waals surface area (Å²) in [6.07, 6.45) is 3.38. The molecule has 1 aliphatic heterocycles. The number of Topliss-reactive ketones (excluding diaryl/α,β-unsaturated/α-hetero) is 1. The number of hydrogen-bond acceptors (Lipinski definition) is 6. The normalized spacial score (nSPS) is 21.0. The van der Waals surface area contributed by atoms with Crippen molar-refractivity contribution < 1.29 is 24.0 Å². The third kappa shape index (κ3) is 5.22. The van der Waals surface area contributed by atoms with Crippen LogP contribution in [0.5, 0.6) is 0 Å². The molecule has 1 aliphatic carbocycles. The van der Waals surface area contributed by atoms with Crippen molar-refractivity contribution in [2.24, 2.45) is 0 Å². The number of carbonyl (C=O) groups excluding carboxylic acids is 5. The third-order valence-corrected chi connectivity index (χ3v) is 5.71. The Bertz CT molecular complexity index is 1100. The molecule has 170 valence electrons. The molecule has 4 rings (SSSR count). The molecule has 2 aromatic rings. The van der Waals surface area contributed by atoms with Crippen LogP contribution in [-0.4, -0.2) is 46.6 Å². The zero-order chi connectivity index (χ0) is 23.4. The lowest BCUT2D eigenvalue weighted by atomic mass is 10.0. The number of benzene rings is 1. The molecular formula is C23H23N5O5. The molecule has 5 amide bonds. The largest absolute Gasteiger partial charge is 0.351 e. The Kier molecular flexibility index (Phi) is 6.43. The Morgan fingerprint density at radius 2 is 1.82 bits per heavy atom. The average Bonchev–Trinajstić information content (AvgIpc) is 3.30. The lowest BCUT2D eigenvalue weighted by Crippen LogP contribution is -2.46. The first-order chi connectivity index (χ1) is 15.9. The third-order valence-electron chi connectivity index (χ3n) is 5.71. The van der Waals surface area contributed by atoms with E-state index in [2.05, 4.69) is 26.3 Å². The summed E-state index contributed by atoms with van der Waals surface area (Å²) in [5.41, 5.74) is 2.33. The molecule has 1 fully saturated rings. The number of ketones is 1. The van der Waals surface area contributed by atoms with E-state index in [0.29, 0.717) is 12.0 Å². The van der Waals surface area contributed by atoms with Gasteiger partial charge in [0.15, 0.2) is 5.78 Å². The van der Waals surface area contributed by atoms with Gasteiger partial charge in [0.25, 0.3) is 5.91 Å². The number of nitrogens with zero attached hydrogens (tertiary/aromatic N) is 1. The summed E-state index contributed by atoms with van der Waals surface area (Å²) < 4.78 is 0. The van der Waals surface area contributed by atoms with Crippen molar-refractivity contribution in [2.75, 3.05) is 0 Å². The van der Waals surface area contributed by atoms with Crippen molar-refractivity contribution in [2.45, 2.75) is 43.8 Å². The van der Waals surface area contributed by atoms with Gasteiger partial charge in [0.2, 0.25) is 11.8 Å². The second-order valence-corrected chi connectivity index (χ2v) is 8.01. The molecule has 1 saturated heterocycles. The van der Waals surface area contributed by atoms with Crippen molar-refractivity contribution in [3.05, 3.63) is 65.5 Å². The highest BCUT2D eigenvalue weighted by molar-refractivity contribution is 6.05. The monoisotopic (exact) mass is 449 g/mol. The molecule has 0 saturated carbocycles. The smallest absolute Gasteiger partial charge is 0.322 e. The second kappa shape index (κ2) is 9.60. The highest BCUT2D eigenvalue weighted by atomic mass is 16.2. The van der Waals surface area contributed by atoms with Gasteiger partial charge in [0.1, 0.15) is 6.04 Å². The maximum Gasteiger partial charge on any atom is 0.322 e. The molecule has 1 unspecified atom stereocenters. The number of amides is 5. The Labute approximate surface area is 189 Å². The molecule has 1 aromatic carbocycles. The van der Waals surface area contributed by atoms with E-state index in [9.17, 15) is 24.0 Å². The zero-order valence-corrected chi connectivity index (χ0v) is 17.7. The van der Waals surface area contributed by atoms with Gasteiger partial charge < -0.3 is 16.0 Å². The SMILES string of the molecule is O=C(CCC(=O)c1cccnc1)N[C@@H]1c2ccccc2C[C@H]1NC(=O)CC1NC(=O)NC1=O. The Morgan fingerprint density at radius 3 is 2.55 bits per heavy atom. The number of imide groups is 1. The van der Waals surface area contributed by atoms with E-state index < -0.39 is 36.0 Å². The van der Waals surface area contributed by atoms with Gasteiger partial charge in [-0.15, -0.1) is 0 Å². The Morgan fingerprint density at radius 1 is 1.00 bits per heavy atom. The predicted octanol–water partition coefficient (Wildman–Crippen LogP) is 0.541. The molecule has 0 bridgehead atoms.